The summed E-state index contributed by atoms with van der Waals surface area (Å²) in [6.45, 7) is 0.887. The first kappa shape index (κ1) is 18.3. The molecule has 3 heterocycles. The second kappa shape index (κ2) is 6.39. The first-order valence-corrected chi connectivity index (χ1v) is 11.0. The highest BCUT2D eigenvalue weighted by Gasteiger charge is 2.53. The fourth-order valence-electron chi connectivity index (χ4n) is 5.43. The first-order chi connectivity index (χ1) is 16.1. The number of carbonyl (C=O) groups excluding carboxylic acids is 1. The van der Waals surface area contributed by atoms with E-state index in [1.807, 2.05) is 30.3 Å². The molecule has 160 valence electrons. The summed E-state index contributed by atoms with van der Waals surface area (Å²) in [7, 11) is 0. The molecular formula is C28H19NO4. The number of esters is 1. The second-order valence-corrected chi connectivity index (χ2v) is 8.61. The molecule has 0 bridgehead atoms. The van der Waals surface area contributed by atoms with Crippen molar-refractivity contribution in [3.63, 3.8) is 0 Å². The number of phenolic OH excluding ortho intramolecular Hbond substituents is 1. The fourth-order valence-corrected chi connectivity index (χ4v) is 5.43. The van der Waals surface area contributed by atoms with E-state index in [4.69, 9.17) is 9.47 Å². The number of nitrogens with zero attached hydrogens (tertiary/aromatic N) is 1. The van der Waals surface area contributed by atoms with Crippen molar-refractivity contribution in [2.45, 2.75) is 12.0 Å². The summed E-state index contributed by atoms with van der Waals surface area (Å²) in [5, 5.41) is 10.2. The van der Waals surface area contributed by atoms with E-state index in [2.05, 4.69) is 35.2 Å². The maximum atomic E-state index is 12.9. The van der Waals surface area contributed by atoms with E-state index in [0.29, 0.717) is 22.6 Å². The van der Waals surface area contributed by atoms with Gasteiger partial charge < -0.3 is 19.5 Å². The molecule has 4 aromatic carbocycles. The standard InChI is InChI=1S/C28H19NO4/c30-19-10-12-23-26(16-19)32-25-15-18(29-14-13-17-5-1-4-8-24(17)29)9-11-22(25)28(23)21-7-3-2-6-20(21)27(31)33-28/h1-12,15-16,30H,13-14H2. The summed E-state index contributed by atoms with van der Waals surface area (Å²) < 4.78 is 12.5. The number of carbonyl (C=O) groups is 1. The normalized spacial score (nSPS) is 19.4. The van der Waals surface area contributed by atoms with Gasteiger partial charge in [-0.3, -0.25) is 0 Å². The number of anilines is 2. The van der Waals surface area contributed by atoms with Gasteiger partial charge in [0, 0.05) is 46.7 Å². The molecule has 4 aromatic rings. The van der Waals surface area contributed by atoms with Gasteiger partial charge in [0.25, 0.3) is 0 Å². The van der Waals surface area contributed by atoms with E-state index in [1.54, 1.807) is 24.3 Å². The number of para-hydroxylation sites is 1. The van der Waals surface area contributed by atoms with E-state index in [0.717, 1.165) is 29.8 Å². The second-order valence-electron chi connectivity index (χ2n) is 8.61. The van der Waals surface area contributed by atoms with Crippen molar-refractivity contribution >= 4 is 17.3 Å². The van der Waals surface area contributed by atoms with Crippen LogP contribution in [-0.2, 0) is 16.8 Å². The summed E-state index contributed by atoms with van der Waals surface area (Å²) in [5.41, 5.74) is 5.20. The van der Waals surface area contributed by atoms with Gasteiger partial charge in [-0.2, -0.15) is 0 Å². The zero-order valence-corrected chi connectivity index (χ0v) is 17.6. The Kier molecular flexibility index (Phi) is 3.55. The van der Waals surface area contributed by atoms with Crippen molar-refractivity contribution in [1.82, 2.24) is 0 Å². The minimum Gasteiger partial charge on any atom is -0.508 e. The van der Waals surface area contributed by atoms with Crippen LogP contribution in [0, 0.1) is 0 Å². The van der Waals surface area contributed by atoms with Gasteiger partial charge in [0.05, 0.1) is 5.56 Å². The molecule has 3 aliphatic heterocycles. The van der Waals surface area contributed by atoms with Gasteiger partial charge in [0.1, 0.15) is 17.2 Å². The van der Waals surface area contributed by atoms with Crippen LogP contribution in [0.3, 0.4) is 0 Å². The van der Waals surface area contributed by atoms with Gasteiger partial charge >= 0.3 is 5.97 Å². The van der Waals surface area contributed by atoms with Crippen molar-refractivity contribution in [1.29, 1.82) is 0 Å². The van der Waals surface area contributed by atoms with E-state index < -0.39 is 5.60 Å². The molecule has 5 nitrogen and oxygen atoms in total. The first-order valence-electron chi connectivity index (χ1n) is 11.0. The average molecular weight is 433 g/mol. The van der Waals surface area contributed by atoms with Gasteiger partial charge in [-0.1, -0.05) is 36.4 Å². The van der Waals surface area contributed by atoms with Crippen molar-refractivity contribution in [3.8, 4) is 17.2 Å². The summed E-state index contributed by atoms with van der Waals surface area (Å²) in [6, 6.07) is 26.9. The van der Waals surface area contributed by atoms with E-state index in [9.17, 15) is 9.90 Å². The van der Waals surface area contributed by atoms with Crippen LogP contribution in [0.1, 0.15) is 32.6 Å². The monoisotopic (exact) mass is 433 g/mol. The maximum absolute atomic E-state index is 12.9. The molecule has 0 aromatic heterocycles. The third-order valence-corrected chi connectivity index (χ3v) is 6.88. The Morgan fingerprint density at radius 2 is 1.58 bits per heavy atom. The highest BCUT2D eigenvalue weighted by atomic mass is 16.6. The van der Waals surface area contributed by atoms with Crippen LogP contribution >= 0.6 is 0 Å². The summed E-state index contributed by atoms with van der Waals surface area (Å²) in [4.78, 5) is 15.2. The Labute approximate surface area is 190 Å². The molecule has 1 N–H and O–H groups in total. The third-order valence-electron chi connectivity index (χ3n) is 6.88. The Morgan fingerprint density at radius 3 is 2.48 bits per heavy atom. The molecule has 0 aliphatic carbocycles. The van der Waals surface area contributed by atoms with Crippen LogP contribution in [0.15, 0.2) is 84.9 Å². The Balaban J connectivity index is 1.45. The number of phenols is 1. The lowest BCUT2D eigenvalue weighted by Crippen LogP contribution is -2.33. The highest BCUT2D eigenvalue weighted by molar-refractivity contribution is 5.97. The van der Waals surface area contributed by atoms with Crippen molar-refractivity contribution in [2.75, 3.05) is 11.4 Å². The van der Waals surface area contributed by atoms with Crippen molar-refractivity contribution < 1.29 is 19.4 Å². The molecular weight excluding hydrogens is 414 g/mol. The Morgan fingerprint density at radius 1 is 0.818 bits per heavy atom. The lowest BCUT2D eigenvalue weighted by Gasteiger charge is -2.37. The molecule has 3 aliphatic rings. The van der Waals surface area contributed by atoms with Crippen molar-refractivity contribution in [2.24, 2.45) is 0 Å². The molecule has 0 fully saturated rings. The van der Waals surface area contributed by atoms with Crippen LogP contribution in [0.4, 0.5) is 11.4 Å². The topological polar surface area (TPSA) is 59.0 Å². The highest BCUT2D eigenvalue weighted by Crippen LogP contribution is 2.57. The largest absolute Gasteiger partial charge is 0.508 e. The molecule has 0 amide bonds. The summed E-state index contributed by atoms with van der Waals surface area (Å²) in [5.74, 6) is 0.815. The summed E-state index contributed by atoms with van der Waals surface area (Å²) in [6.07, 6.45) is 0.986. The SMILES string of the molecule is O=C1OC2(c3ccc(O)cc3Oc3cc(N4CCc5ccccc54)ccc32)c2ccccc21. The van der Waals surface area contributed by atoms with Crippen LogP contribution < -0.4 is 9.64 Å². The third kappa shape index (κ3) is 2.39. The number of hydrogen-bond acceptors (Lipinski definition) is 5. The number of aromatic hydroxyl groups is 1. The zero-order chi connectivity index (χ0) is 22.2. The van der Waals surface area contributed by atoms with Crippen LogP contribution in [0.5, 0.6) is 17.2 Å². The number of rotatable bonds is 1. The maximum Gasteiger partial charge on any atom is 0.340 e. The molecule has 7 rings (SSSR count). The molecule has 0 saturated carbocycles. The average Bonchev–Trinajstić information content (AvgIpc) is 3.39. The summed E-state index contributed by atoms with van der Waals surface area (Å²) >= 11 is 0. The lowest BCUT2D eigenvalue weighted by atomic mass is 9.77. The molecule has 1 spiro atoms. The van der Waals surface area contributed by atoms with E-state index >= 15 is 0 Å². The van der Waals surface area contributed by atoms with E-state index in [-0.39, 0.29) is 11.7 Å². The Bertz CT molecular complexity index is 1480. The van der Waals surface area contributed by atoms with Crippen LogP contribution in [0.2, 0.25) is 0 Å². The molecule has 0 radical (unpaired) electrons. The molecule has 33 heavy (non-hydrogen) atoms. The van der Waals surface area contributed by atoms with Crippen molar-refractivity contribution in [3.05, 3.63) is 113 Å². The molecule has 1 unspecified atom stereocenters. The number of ether oxygens (including phenoxy) is 2. The lowest BCUT2D eigenvalue weighted by molar-refractivity contribution is 0.0224. The predicted molar refractivity (Wildman–Crippen MR) is 124 cm³/mol. The van der Waals surface area contributed by atoms with Gasteiger partial charge in [-0.15, -0.1) is 0 Å². The smallest absolute Gasteiger partial charge is 0.340 e. The number of benzene rings is 4. The van der Waals surface area contributed by atoms with Crippen LogP contribution in [-0.4, -0.2) is 17.6 Å². The number of hydrogen-bond donors (Lipinski definition) is 1. The van der Waals surface area contributed by atoms with Gasteiger partial charge in [-0.05, 0) is 48.4 Å². The van der Waals surface area contributed by atoms with E-state index in [1.165, 1.54) is 11.3 Å². The number of fused-ring (bicyclic) bond motifs is 7. The molecule has 0 saturated heterocycles. The minimum atomic E-state index is -1.12. The quantitative estimate of drug-likeness (QED) is 0.393. The molecule has 5 heteroatoms. The fraction of sp³-hybridized carbons (Fsp3) is 0.107. The Hall–Kier alpha value is -4.25. The minimum absolute atomic E-state index is 0.0922. The van der Waals surface area contributed by atoms with Gasteiger partial charge in [0.15, 0.2) is 5.60 Å². The zero-order valence-electron chi connectivity index (χ0n) is 17.6. The van der Waals surface area contributed by atoms with Gasteiger partial charge in [-0.25, -0.2) is 4.79 Å². The van der Waals surface area contributed by atoms with Crippen LogP contribution in [0.25, 0.3) is 0 Å². The predicted octanol–water partition coefficient (Wildman–Crippen LogP) is 5.65. The van der Waals surface area contributed by atoms with Gasteiger partial charge in [0.2, 0.25) is 0 Å². The molecule has 1 atom stereocenters.